The third-order valence-corrected chi connectivity index (χ3v) is 6.04. The minimum atomic E-state index is -0.177. The van der Waals surface area contributed by atoms with Crippen molar-refractivity contribution in [2.24, 2.45) is 0 Å². The summed E-state index contributed by atoms with van der Waals surface area (Å²) in [6.45, 7) is 6.40. The van der Waals surface area contributed by atoms with Crippen LogP contribution < -0.4 is 19.9 Å². The number of carbonyl (C=O) groups excluding carboxylic acids is 1. The molecule has 1 saturated heterocycles. The predicted octanol–water partition coefficient (Wildman–Crippen LogP) is 2.83. The average molecular weight is 449 g/mol. The van der Waals surface area contributed by atoms with Crippen LogP contribution in [0.4, 0.5) is 5.82 Å². The molecule has 1 aromatic heterocycles. The van der Waals surface area contributed by atoms with Crippen molar-refractivity contribution >= 4 is 11.7 Å². The van der Waals surface area contributed by atoms with Gasteiger partial charge in [0.05, 0.1) is 19.9 Å². The zero-order valence-electron chi connectivity index (χ0n) is 19.4. The minimum absolute atomic E-state index is 0.0522. The summed E-state index contributed by atoms with van der Waals surface area (Å²) in [6, 6.07) is 14.3. The van der Waals surface area contributed by atoms with Crippen molar-refractivity contribution in [3.8, 4) is 17.2 Å². The Balaban J connectivity index is 1.48. The van der Waals surface area contributed by atoms with E-state index < -0.39 is 0 Å². The van der Waals surface area contributed by atoms with Crippen LogP contribution in [-0.4, -0.2) is 61.0 Å². The smallest absolute Gasteiger partial charge is 0.271 e. The van der Waals surface area contributed by atoms with Gasteiger partial charge in [-0.3, -0.25) is 9.59 Å². The molecule has 0 radical (unpaired) electrons. The SMILES string of the molecule is COc1ccc(C(=O)N2CCN(c3ccc(=O)n(-c4ccc(C)c(C)c4)n3)CC2)cc1OC. The maximum Gasteiger partial charge on any atom is 0.271 e. The van der Waals surface area contributed by atoms with E-state index in [4.69, 9.17) is 9.47 Å². The quantitative estimate of drug-likeness (QED) is 0.598. The Morgan fingerprint density at radius 3 is 2.24 bits per heavy atom. The van der Waals surface area contributed by atoms with Crippen molar-refractivity contribution in [1.29, 1.82) is 0 Å². The first-order valence-electron chi connectivity index (χ1n) is 10.9. The second-order valence-corrected chi connectivity index (χ2v) is 8.06. The Morgan fingerprint density at radius 2 is 1.58 bits per heavy atom. The number of benzene rings is 2. The minimum Gasteiger partial charge on any atom is -0.493 e. The van der Waals surface area contributed by atoms with Gasteiger partial charge >= 0.3 is 0 Å². The van der Waals surface area contributed by atoms with E-state index >= 15 is 0 Å². The van der Waals surface area contributed by atoms with Crippen LogP contribution in [0.2, 0.25) is 0 Å². The molecule has 2 aromatic carbocycles. The van der Waals surface area contributed by atoms with Crippen LogP contribution in [0.3, 0.4) is 0 Å². The second-order valence-electron chi connectivity index (χ2n) is 8.06. The normalized spacial score (nSPS) is 13.7. The van der Waals surface area contributed by atoms with Crippen molar-refractivity contribution < 1.29 is 14.3 Å². The first-order chi connectivity index (χ1) is 15.9. The van der Waals surface area contributed by atoms with Gasteiger partial charge in [0.1, 0.15) is 5.82 Å². The zero-order valence-corrected chi connectivity index (χ0v) is 19.4. The van der Waals surface area contributed by atoms with Crippen molar-refractivity contribution in [3.63, 3.8) is 0 Å². The summed E-state index contributed by atoms with van der Waals surface area (Å²) in [6.07, 6.45) is 0. The van der Waals surface area contributed by atoms with Gasteiger partial charge in [0.25, 0.3) is 11.5 Å². The number of anilines is 1. The molecule has 172 valence electrons. The second kappa shape index (κ2) is 9.36. The van der Waals surface area contributed by atoms with Gasteiger partial charge in [-0.2, -0.15) is 4.68 Å². The Hall–Kier alpha value is -3.81. The van der Waals surface area contributed by atoms with Gasteiger partial charge in [0.2, 0.25) is 0 Å². The van der Waals surface area contributed by atoms with Crippen molar-refractivity contribution in [2.75, 3.05) is 45.3 Å². The molecule has 33 heavy (non-hydrogen) atoms. The number of nitrogens with zero attached hydrogens (tertiary/aromatic N) is 4. The van der Waals surface area contributed by atoms with Crippen molar-refractivity contribution in [3.05, 3.63) is 75.6 Å². The highest BCUT2D eigenvalue weighted by atomic mass is 16.5. The monoisotopic (exact) mass is 448 g/mol. The molecule has 1 aliphatic heterocycles. The van der Waals surface area contributed by atoms with Crippen LogP contribution in [0, 0.1) is 13.8 Å². The van der Waals surface area contributed by atoms with Gasteiger partial charge in [0.15, 0.2) is 11.5 Å². The molecular weight excluding hydrogens is 420 g/mol. The van der Waals surface area contributed by atoms with E-state index in [0.29, 0.717) is 49.1 Å². The first kappa shape index (κ1) is 22.4. The number of hydrogen-bond donors (Lipinski definition) is 0. The maximum atomic E-state index is 13.0. The van der Waals surface area contributed by atoms with Crippen LogP contribution in [-0.2, 0) is 0 Å². The summed E-state index contributed by atoms with van der Waals surface area (Å²) < 4.78 is 12.0. The molecule has 0 N–H and O–H groups in total. The molecule has 0 bridgehead atoms. The van der Waals surface area contributed by atoms with E-state index in [-0.39, 0.29) is 11.5 Å². The van der Waals surface area contributed by atoms with Gasteiger partial charge in [-0.25, -0.2) is 0 Å². The fourth-order valence-electron chi connectivity index (χ4n) is 3.90. The summed E-state index contributed by atoms with van der Waals surface area (Å²) in [5, 5.41) is 4.60. The molecule has 0 aliphatic carbocycles. The average Bonchev–Trinajstić information content (AvgIpc) is 2.85. The molecule has 8 heteroatoms. The van der Waals surface area contributed by atoms with Crippen LogP contribution in [0.5, 0.6) is 11.5 Å². The lowest BCUT2D eigenvalue weighted by Crippen LogP contribution is -2.49. The number of carbonyl (C=O) groups is 1. The molecule has 0 atom stereocenters. The number of amides is 1. The van der Waals surface area contributed by atoms with E-state index in [1.54, 1.807) is 44.6 Å². The summed E-state index contributed by atoms with van der Waals surface area (Å²) >= 11 is 0. The van der Waals surface area contributed by atoms with Crippen molar-refractivity contribution in [1.82, 2.24) is 14.7 Å². The molecule has 1 amide bonds. The van der Waals surface area contributed by atoms with Crippen LogP contribution in [0.25, 0.3) is 5.69 Å². The van der Waals surface area contributed by atoms with E-state index in [0.717, 1.165) is 11.3 Å². The summed E-state index contributed by atoms with van der Waals surface area (Å²) in [5.74, 6) is 1.78. The summed E-state index contributed by atoms with van der Waals surface area (Å²) in [5.41, 5.74) is 3.39. The molecule has 0 saturated carbocycles. The number of methoxy groups -OCH3 is 2. The Labute approximate surface area is 193 Å². The maximum absolute atomic E-state index is 13.0. The largest absolute Gasteiger partial charge is 0.493 e. The Kier molecular flexibility index (Phi) is 6.35. The summed E-state index contributed by atoms with van der Waals surface area (Å²) in [4.78, 5) is 29.4. The number of rotatable bonds is 5. The van der Waals surface area contributed by atoms with Gasteiger partial charge in [0, 0.05) is 37.8 Å². The molecule has 3 aromatic rings. The lowest BCUT2D eigenvalue weighted by atomic mass is 10.1. The summed E-state index contributed by atoms with van der Waals surface area (Å²) in [7, 11) is 3.12. The molecule has 0 unspecified atom stereocenters. The predicted molar refractivity (Wildman–Crippen MR) is 127 cm³/mol. The number of piperazine rings is 1. The van der Waals surface area contributed by atoms with Gasteiger partial charge < -0.3 is 19.3 Å². The van der Waals surface area contributed by atoms with Gasteiger partial charge in [-0.15, -0.1) is 5.10 Å². The molecule has 1 aliphatic rings. The molecule has 2 heterocycles. The molecule has 0 spiro atoms. The molecular formula is C25H28N4O4. The zero-order chi connectivity index (χ0) is 23.5. The third kappa shape index (κ3) is 4.55. The first-order valence-corrected chi connectivity index (χ1v) is 10.9. The lowest BCUT2D eigenvalue weighted by Gasteiger charge is -2.35. The van der Waals surface area contributed by atoms with E-state index in [2.05, 4.69) is 10.00 Å². The lowest BCUT2D eigenvalue weighted by molar-refractivity contribution is 0.0746. The number of ether oxygens (including phenoxy) is 2. The van der Waals surface area contributed by atoms with Crippen molar-refractivity contribution in [2.45, 2.75) is 13.8 Å². The van der Waals surface area contributed by atoms with Crippen LogP contribution in [0.15, 0.2) is 53.3 Å². The third-order valence-electron chi connectivity index (χ3n) is 6.04. The van der Waals surface area contributed by atoms with E-state index in [9.17, 15) is 9.59 Å². The number of aromatic nitrogens is 2. The molecule has 1 fully saturated rings. The fraction of sp³-hybridized carbons (Fsp3) is 0.320. The fourth-order valence-corrected chi connectivity index (χ4v) is 3.90. The van der Waals surface area contributed by atoms with Gasteiger partial charge in [-0.05, 0) is 61.4 Å². The highest BCUT2D eigenvalue weighted by molar-refractivity contribution is 5.95. The highest BCUT2D eigenvalue weighted by Crippen LogP contribution is 2.28. The molecule has 4 rings (SSSR count). The topological polar surface area (TPSA) is 76.9 Å². The standard InChI is InChI=1S/C25H28N4O4/c1-17-5-7-20(15-18(17)2)29-24(30)10-9-23(26-29)27-11-13-28(14-12-27)25(31)19-6-8-21(32-3)22(16-19)33-4/h5-10,15-16H,11-14H2,1-4H3. The Morgan fingerprint density at radius 1 is 0.848 bits per heavy atom. The van der Waals surface area contributed by atoms with Gasteiger partial charge in [-0.1, -0.05) is 6.07 Å². The number of aryl methyl sites for hydroxylation is 2. The van der Waals surface area contributed by atoms with Crippen LogP contribution >= 0.6 is 0 Å². The molecule has 8 nitrogen and oxygen atoms in total. The Bertz CT molecular complexity index is 1230. The van der Waals surface area contributed by atoms with E-state index in [1.165, 1.54) is 10.2 Å². The highest BCUT2D eigenvalue weighted by Gasteiger charge is 2.24. The number of hydrogen-bond acceptors (Lipinski definition) is 6. The van der Waals surface area contributed by atoms with Crippen LogP contribution in [0.1, 0.15) is 21.5 Å². The van der Waals surface area contributed by atoms with E-state index in [1.807, 2.05) is 36.9 Å².